The summed E-state index contributed by atoms with van der Waals surface area (Å²) in [6.45, 7) is 1.44. The lowest BCUT2D eigenvalue weighted by molar-refractivity contribution is 0.0661. The minimum atomic E-state index is -3.72. The van der Waals surface area contributed by atoms with Gasteiger partial charge >= 0.3 is 5.97 Å². The molecule has 0 atom stereocenters. The van der Waals surface area contributed by atoms with E-state index in [1.165, 1.54) is 6.92 Å². The van der Waals surface area contributed by atoms with Gasteiger partial charge in [-0.2, -0.15) is 11.8 Å². The average Bonchev–Trinajstić information content (AvgIpc) is 2.73. The second-order valence-corrected chi connectivity index (χ2v) is 7.25. The first-order chi connectivity index (χ1) is 8.90. The van der Waals surface area contributed by atoms with Gasteiger partial charge in [-0.3, -0.25) is 0 Å². The molecule has 1 saturated heterocycles. The summed E-state index contributed by atoms with van der Waals surface area (Å²) in [5, 5.41) is 8.80. The van der Waals surface area contributed by atoms with Crippen LogP contribution in [0.4, 0.5) is 0 Å². The number of carboxylic acid groups (broad SMARTS) is 1. The quantitative estimate of drug-likeness (QED) is 0.874. The average molecular weight is 305 g/mol. The van der Waals surface area contributed by atoms with Crippen LogP contribution in [-0.4, -0.2) is 37.0 Å². The van der Waals surface area contributed by atoms with E-state index in [2.05, 4.69) is 4.72 Å². The van der Waals surface area contributed by atoms with Crippen molar-refractivity contribution >= 4 is 27.8 Å². The van der Waals surface area contributed by atoms with Gasteiger partial charge in [0.1, 0.15) is 10.7 Å². The molecule has 0 aliphatic carbocycles. The smallest absolute Gasteiger partial charge is 0.371 e. The SMILES string of the molecule is Cc1oc(C(=O)O)cc1S(=O)(=O)NC1CCSCC1. The number of furan rings is 1. The monoisotopic (exact) mass is 305 g/mol. The summed E-state index contributed by atoms with van der Waals surface area (Å²) < 4.78 is 31.9. The Bertz CT molecular complexity index is 572. The molecule has 0 bridgehead atoms. The van der Waals surface area contributed by atoms with Crippen molar-refractivity contribution in [1.29, 1.82) is 0 Å². The van der Waals surface area contributed by atoms with Crippen molar-refractivity contribution in [2.24, 2.45) is 0 Å². The highest BCUT2D eigenvalue weighted by atomic mass is 32.2. The molecule has 2 N–H and O–H groups in total. The molecular formula is C11H15NO5S2. The lowest BCUT2D eigenvalue weighted by atomic mass is 10.2. The Kier molecular flexibility index (Phi) is 4.22. The van der Waals surface area contributed by atoms with E-state index in [1.54, 1.807) is 11.8 Å². The molecule has 106 valence electrons. The highest BCUT2D eigenvalue weighted by Gasteiger charge is 2.27. The fraction of sp³-hybridized carbons (Fsp3) is 0.545. The predicted octanol–water partition coefficient (Wildman–Crippen LogP) is 1.46. The number of nitrogens with one attached hydrogen (secondary N) is 1. The summed E-state index contributed by atoms with van der Waals surface area (Å²) in [5.41, 5.74) is 0. The summed E-state index contributed by atoms with van der Waals surface area (Å²) in [7, 11) is -3.72. The van der Waals surface area contributed by atoms with Crippen LogP contribution < -0.4 is 4.72 Å². The first-order valence-electron chi connectivity index (χ1n) is 5.84. The highest BCUT2D eigenvalue weighted by Crippen LogP contribution is 2.23. The number of sulfonamides is 1. The molecule has 1 aromatic rings. The molecule has 1 fully saturated rings. The van der Waals surface area contributed by atoms with Crippen LogP contribution in [-0.2, 0) is 10.0 Å². The maximum absolute atomic E-state index is 12.2. The zero-order valence-corrected chi connectivity index (χ0v) is 12.0. The standard InChI is InChI=1S/C11H15NO5S2/c1-7-10(6-9(17-7)11(13)14)19(15,16)12-8-2-4-18-5-3-8/h6,8,12H,2-5H2,1H3,(H,13,14). The minimum Gasteiger partial charge on any atom is -0.475 e. The third-order valence-corrected chi connectivity index (χ3v) is 5.59. The first kappa shape index (κ1) is 14.4. The number of aryl methyl sites for hydroxylation is 1. The van der Waals surface area contributed by atoms with Crippen molar-refractivity contribution in [3.05, 3.63) is 17.6 Å². The van der Waals surface area contributed by atoms with Crippen molar-refractivity contribution in [3.8, 4) is 0 Å². The zero-order chi connectivity index (χ0) is 14.0. The van der Waals surface area contributed by atoms with E-state index >= 15 is 0 Å². The van der Waals surface area contributed by atoms with Crippen molar-refractivity contribution in [2.45, 2.75) is 30.7 Å². The number of thioether (sulfide) groups is 1. The van der Waals surface area contributed by atoms with Crippen LogP contribution in [0.2, 0.25) is 0 Å². The molecule has 0 aromatic carbocycles. The van der Waals surface area contributed by atoms with Gasteiger partial charge in [0.25, 0.3) is 0 Å². The normalized spacial score (nSPS) is 17.5. The Labute approximate surface area is 115 Å². The summed E-state index contributed by atoms with van der Waals surface area (Å²) in [6.07, 6.45) is 1.57. The molecule has 0 unspecified atom stereocenters. The Morgan fingerprint density at radius 2 is 2.11 bits per heavy atom. The van der Waals surface area contributed by atoms with Crippen LogP contribution in [0.1, 0.15) is 29.2 Å². The summed E-state index contributed by atoms with van der Waals surface area (Å²) in [4.78, 5) is 10.7. The molecule has 1 aromatic heterocycles. The van der Waals surface area contributed by atoms with Crippen molar-refractivity contribution in [1.82, 2.24) is 4.72 Å². The minimum absolute atomic E-state index is 0.0890. The third-order valence-electron chi connectivity index (χ3n) is 2.92. The maximum Gasteiger partial charge on any atom is 0.371 e. The Balaban J connectivity index is 2.21. The number of carbonyl (C=O) groups is 1. The Morgan fingerprint density at radius 1 is 1.47 bits per heavy atom. The van der Waals surface area contributed by atoms with E-state index in [4.69, 9.17) is 9.52 Å². The van der Waals surface area contributed by atoms with Gasteiger partial charge in [-0.05, 0) is 31.3 Å². The van der Waals surface area contributed by atoms with Gasteiger partial charge in [-0.1, -0.05) is 0 Å². The molecule has 0 amide bonds. The van der Waals surface area contributed by atoms with Gasteiger partial charge in [0.2, 0.25) is 15.8 Å². The molecule has 0 spiro atoms. The van der Waals surface area contributed by atoms with Crippen molar-refractivity contribution in [2.75, 3.05) is 11.5 Å². The van der Waals surface area contributed by atoms with Crippen LogP contribution in [0.25, 0.3) is 0 Å². The van der Waals surface area contributed by atoms with Gasteiger partial charge in [-0.15, -0.1) is 0 Å². The van der Waals surface area contributed by atoms with E-state index in [-0.39, 0.29) is 22.5 Å². The lowest BCUT2D eigenvalue weighted by Gasteiger charge is -2.22. The van der Waals surface area contributed by atoms with Crippen LogP contribution in [0.15, 0.2) is 15.4 Å². The fourth-order valence-electron chi connectivity index (χ4n) is 1.94. The number of carboxylic acids is 1. The number of hydrogen-bond acceptors (Lipinski definition) is 5. The molecule has 2 heterocycles. The van der Waals surface area contributed by atoms with Crippen LogP contribution in [0.3, 0.4) is 0 Å². The molecule has 6 nitrogen and oxygen atoms in total. The van der Waals surface area contributed by atoms with Crippen LogP contribution >= 0.6 is 11.8 Å². The number of rotatable bonds is 4. The van der Waals surface area contributed by atoms with Gasteiger partial charge < -0.3 is 9.52 Å². The predicted molar refractivity (Wildman–Crippen MR) is 71.1 cm³/mol. The number of hydrogen-bond donors (Lipinski definition) is 2. The Morgan fingerprint density at radius 3 is 2.63 bits per heavy atom. The molecule has 0 saturated carbocycles. The van der Waals surface area contributed by atoms with E-state index < -0.39 is 16.0 Å². The van der Waals surface area contributed by atoms with E-state index in [0.717, 1.165) is 30.4 Å². The van der Waals surface area contributed by atoms with Gasteiger partial charge in [0.05, 0.1) is 0 Å². The summed E-state index contributed by atoms with van der Waals surface area (Å²) in [6, 6.07) is 0.964. The topological polar surface area (TPSA) is 96.6 Å². The molecule has 1 aliphatic rings. The van der Waals surface area contributed by atoms with Gasteiger partial charge in [0.15, 0.2) is 0 Å². The molecule has 8 heteroatoms. The first-order valence-corrected chi connectivity index (χ1v) is 8.48. The van der Waals surface area contributed by atoms with Crippen LogP contribution in [0.5, 0.6) is 0 Å². The second kappa shape index (κ2) is 5.56. The highest BCUT2D eigenvalue weighted by molar-refractivity contribution is 7.99. The second-order valence-electron chi connectivity index (χ2n) is 4.34. The van der Waals surface area contributed by atoms with E-state index in [0.29, 0.717) is 0 Å². The summed E-state index contributed by atoms with van der Waals surface area (Å²) >= 11 is 1.80. The molecular weight excluding hydrogens is 290 g/mol. The van der Waals surface area contributed by atoms with Crippen LogP contribution in [0, 0.1) is 6.92 Å². The van der Waals surface area contributed by atoms with Crippen molar-refractivity contribution < 1.29 is 22.7 Å². The fourth-order valence-corrected chi connectivity index (χ4v) is 4.53. The molecule has 2 rings (SSSR count). The maximum atomic E-state index is 12.2. The molecule has 1 aliphatic heterocycles. The van der Waals surface area contributed by atoms with Gasteiger partial charge in [-0.25, -0.2) is 17.9 Å². The number of aromatic carboxylic acids is 1. The molecule has 0 radical (unpaired) electrons. The van der Waals surface area contributed by atoms with Gasteiger partial charge in [0, 0.05) is 12.1 Å². The van der Waals surface area contributed by atoms with E-state index in [9.17, 15) is 13.2 Å². The zero-order valence-electron chi connectivity index (χ0n) is 10.4. The summed E-state index contributed by atoms with van der Waals surface area (Å²) in [5.74, 6) is 0.307. The lowest BCUT2D eigenvalue weighted by Crippen LogP contribution is -2.37. The third kappa shape index (κ3) is 3.31. The van der Waals surface area contributed by atoms with E-state index in [1.807, 2.05) is 0 Å². The molecule has 19 heavy (non-hydrogen) atoms. The Hall–Kier alpha value is -0.990. The largest absolute Gasteiger partial charge is 0.475 e. The van der Waals surface area contributed by atoms with Crippen molar-refractivity contribution in [3.63, 3.8) is 0 Å².